The number of hydrogen-bond donors (Lipinski definition) is 1. The van der Waals surface area contributed by atoms with Crippen molar-refractivity contribution in [2.24, 2.45) is 0 Å². The fraction of sp³-hybridized carbons (Fsp3) is 0.296. The van der Waals surface area contributed by atoms with Crippen LogP contribution in [-0.4, -0.2) is 42.0 Å². The van der Waals surface area contributed by atoms with Gasteiger partial charge in [-0.2, -0.15) is 0 Å². The molecule has 1 amide bonds. The number of likely N-dealkylation sites (N-methyl/N-ethyl adjacent to an activating group) is 1. The average Bonchev–Trinajstić information content (AvgIpc) is 3.34. The molecule has 0 unspecified atom stereocenters. The number of hydrogen-bond acceptors (Lipinski definition) is 6. The molecule has 0 saturated carbocycles. The second kappa shape index (κ2) is 9.64. The molecule has 3 aromatic carbocycles. The van der Waals surface area contributed by atoms with Crippen LogP contribution in [0.3, 0.4) is 0 Å². The van der Waals surface area contributed by atoms with Crippen LogP contribution in [0, 0.1) is 15.9 Å². The predicted octanol–water partition coefficient (Wildman–Crippen LogP) is 4.98. The molecule has 8 nitrogen and oxygen atoms in total. The first-order valence-electron chi connectivity index (χ1n) is 11.9. The summed E-state index contributed by atoms with van der Waals surface area (Å²) >= 11 is 6.62. The Labute approximate surface area is 218 Å². The van der Waals surface area contributed by atoms with E-state index in [2.05, 4.69) is 5.32 Å². The van der Waals surface area contributed by atoms with Gasteiger partial charge in [-0.3, -0.25) is 19.8 Å². The number of nitrogens with one attached hydrogen (secondary N) is 1. The summed E-state index contributed by atoms with van der Waals surface area (Å²) in [6.07, 6.45) is 0. The fourth-order valence-corrected chi connectivity index (χ4v) is 5.82. The molecular weight excluding hydrogens is 501 g/mol. The zero-order chi connectivity index (χ0) is 26.3. The van der Waals surface area contributed by atoms with Gasteiger partial charge in [-0.25, -0.2) is 4.39 Å². The van der Waals surface area contributed by atoms with Gasteiger partial charge in [0.05, 0.1) is 17.5 Å². The molecule has 2 heterocycles. The minimum absolute atomic E-state index is 0.0738. The van der Waals surface area contributed by atoms with E-state index in [9.17, 15) is 19.3 Å². The van der Waals surface area contributed by atoms with E-state index in [1.54, 1.807) is 73.5 Å². The smallest absolute Gasteiger partial charge is 0.256 e. The molecule has 1 saturated heterocycles. The van der Waals surface area contributed by atoms with Crippen LogP contribution in [0.5, 0.6) is 11.5 Å². The van der Waals surface area contributed by atoms with Crippen molar-refractivity contribution in [3.8, 4) is 11.5 Å². The third-order valence-electron chi connectivity index (χ3n) is 7.13. The van der Waals surface area contributed by atoms with E-state index in [0.717, 1.165) is 0 Å². The fourth-order valence-electron chi connectivity index (χ4n) is 5.55. The van der Waals surface area contributed by atoms with Gasteiger partial charge >= 0.3 is 0 Å². The summed E-state index contributed by atoms with van der Waals surface area (Å²) < 4.78 is 25.7. The van der Waals surface area contributed by atoms with Crippen LogP contribution >= 0.6 is 11.6 Å². The summed E-state index contributed by atoms with van der Waals surface area (Å²) in [4.78, 5) is 27.3. The number of fused-ring (bicyclic) bond motifs is 2. The molecule has 0 radical (unpaired) electrons. The quantitative estimate of drug-likeness (QED) is 0.345. The number of halogens is 2. The Morgan fingerprint density at radius 2 is 1.92 bits per heavy atom. The minimum atomic E-state index is -1.47. The first kappa shape index (κ1) is 25.0. The van der Waals surface area contributed by atoms with E-state index >= 15 is 0 Å². The summed E-state index contributed by atoms with van der Waals surface area (Å²) in [6.45, 7) is 2.25. The molecule has 1 spiro atoms. The number of carbonyl (C=O) groups is 1. The van der Waals surface area contributed by atoms with Gasteiger partial charge in [-0.1, -0.05) is 48.0 Å². The maximum absolute atomic E-state index is 14.1. The first-order valence-corrected chi connectivity index (χ1v) is 12.2. The molecule has 3 aromatic rings. The second-order valence-corrected chi connectivity index (χ2v) is 9.53. The maximum Gasteiger partial charge on any atom is 0.256 e. The minimum Gasteiger partial charge on any atom is -0.490 e. The van der Waals surface area contributed by atoms with E-state index in [-0.39, 0.29) is 28.8 Å². The van der Waals surface area contributed by atoms with Crippen LogP contribution in [-0.2, 0) is 16.9 Å². The molecule has 0 aliphatic carbocycles. The summed E-state index contributed by atoms with van der Waals surface area (Å²) in [7, 11) is 1.72. The third kappa shape index (κ3) is 3.98. The zero-order valence-corrected chi connectivity index (χ0v) is 21.0. The van der Waals surface area contributed by atoms with Crippen molar-refractivity contribution in [1.29, 1.82) is 0 Å². The van der Waals surface area contributed by atoms with Crippen molar-refractivity contribution in [2.75, 3.05) is 25.5 Å². The highest BCUT2D eigenvalue weighted by Gasteiger charge is 2.68. The normalized spacial score (nSPS) is 22.6. The second-order valence-electron chi connectivity index (χ2n) is 9.13. The van der Waals surface area contributed by atoms with Crippen LogP contribution in [0.15, 0.2) is 60.7 Å². The van der Waals surface area contributed by atoms with Crippen molar-refractivity contribution >= 4 is 23.2 Å². The highest BCUT2D eigenvalue weighted by Crippen LogP contribution is 2.53. The Morgan fingerprint density at radius 1 is 1.19 bits per heavy atom. The number of carbonyl (C=O) groups excluding carboxylic acids is 1. The number of anilines is 1. The van der Waals surface area contributed by atoms with Gasteiger partial charge in [0.25, 0.3) is 11.9 Å². The molecule has 192 valence electrons. The van der Waals surface area contributed by atoms with E-state index in [4.69, 9.17) is 21.1 Å². The Hall–Kier alpha value is -3.69. The highest BCUT2D eigenvalue weighted by molar-refractivity contribution is 6.32. The Bertz CT molecular complexity index is 1390. The van der Waals surface area contributed by atoms with Crippen LogP contribution in [0.25, 0.3) is 0 Å². The van der Waals surface area contributed by atoms with E-state index < -0.39 is 29.2 Å². The van der Waals surface area contributed by atoms with Crippen molar-refractivity contribution in [2.45, 2.75) is 31.0 Å². The molecule has 0 aromatic heterocycles. The largest absolute Gasteiger partial charge is 0.490 e. The molecule has 3 atom stereocenters. The van der Waals surface area contributed by atoms with Gasteiger partial charge < -0.3 is 14.8 Å². The molecule has 1 N–H and O–H groups in total. The monoisotopic (exact) mass is 525 g/mol. The maximum atomic E-state index is 14.1. The molecule has 0 bridgehead atoms. The van der Waals surface area contributed by atoms with Crippen LogP contribution in [0.2, 0.25) is 5.02 Å². The summed E-state index contributed by atoms with van der Waals surface area (Å²) in [6, 6.07) is 15.3. The van der Waals surface area contributed by atoms with Gasteiger partial charge in [0.2, 0.25) is 0 Å². The van der Waals surface area contributed by atoms with Gasteiger partial charge in [-0.05, 0) is 43.8 Å². The van der Waals surface area contributed by atoms with Crippen LogP contribution in [0.4, 0.5) is 10.1 Å². The van der Waals surface area contributed by atoms with Crippen LogP contribution in [0.1, 0.15) is 29.5 Å². The van der Waals surface area contributed by atoms with Crippen molar-refractivity contribution in [3.05, 3.63) is 98.3 Å². The SMILES string of the molecule is CCOc1cc([C@@H]2CN(C)[C@]3(C(=O)Nc4ccccc43)[C@@H]2[N+](=O)[O-])cc(Cl)c1OCc1ccccc1F. The zero-order valence-electron chi connectivity index (χ0n) is 20.2. The van der Waals surface area contributed by atoms with Crippen LogP contribution < -0.4 is 14.8 Å². The standard InChI is InChI=1S/C27H25ClFN3O5/c1-3-36-23-13-17(12-20(28)24(23)37-15-16-8-4-6-10-21(16)29)18-14-31(2)27(25(18)32(34)35)19-9-5-7-11-22(19)30-26(27)33/h4-13,18,25H,3,14-15H2,1-2H3,(H,30,33)/t18-,25+,27-/m0/s1. The summed E-state index contributed by atoms with van der Waals surface area (Å²) in [5, 5.41) is 15.6. The van der Waals surface area contributed by atoms with E-state index in [1.807, 2.05) is 0 Å². The molecule has 37 heavy (non-hydrogen) atoms. The number of benzene rings is 3. The van der Waals surface area contributed by atoms with Gasteiger partial charge in [0.15, 0.2) is 17.0 Å². The van der Waals surface area contributed by atoms with Gasteiger partial charge in [-0.15, -0.1) is 0 Å². The first-order chi connectivity index (χ1) is 17.8. The summed E-state index contributed by atoms with van der Waals surface area (Å²) in [5.41, 5.74) is 0.575. The van der Waals surface area contributed by atoms with Crippen molar-refractivity contribution in [3.63, 3.8) is 0 Å². The molecule has 5 rings (SSSR count). The topological polar surface area (TPSA) is 93.9 Å². The number of ether oxygens (including phenoxy) is 2. The van der Waals surface area contributed by atoms with E-state index in [0.29, 0.717) is 34.7 Å². The average molecular weight is 526 g/mol. The number of nitrogens with zero attached hydrogens (tertiary/aromatic N) is 2. The predicted molar refractivity (Wildman–Crippen MR) is 136 cm³/mol. The highest BCUT2D eigenvalue weighted by atomic mass is 35.5. The number of para-hydroxylation sites is 1. The van der Waals surface area contributed by atoms with Crippen molar-refractivity contribution < 1.29 is 23.6 Å². The lowest BCUT2D eigenvalue weighted by molar-refractivity contribution is -0.534. The molecule has 1 fully saturated rings. The Morgan fingerprint density at radius 3 is 2.65 bits per heavy atom. The molecular formula is C27H25ClFN3O5. The molecule has 10 heteroatoms. The molecule has 2 aliphatic heterocycles. The number of amides is 1. The summed E-state index contributed by atoms with van der Waals surface area (Å²) in [5.74, 6) is -0.992. The Balaban J connectivity index is 1.55. The lowest BCUT2D eigenvalue weighted by atomic mass is 9.79. The van der Waals surface area contributed by atoms with Gasteiger partial charge in [0.1, 0.15) is 12.4 Å². The number of likely N-dealkylation sites (tertiary alicyclic amines) is 1. The van der Waals surface area contributed by atoms with E-state index in [1.165, 1.54) is 6.07 Å². The van der Waals surface area contributed by atoms with Gasteiger partial charge in [0, 0.05) is 28.3 Å². The number of rotatable bonds is 7. The molecule has 2 aliphatic rings. The van der Waals surface area contributed by atoms with Crippen molar-refractivity contribution in [1.82, 2.24) is 4.90 Å². The lowest BCUT2D eigenvalue weighted by Crippen LogP contribution is -2.54. The Kier molecular flexibility index (Phi) is 6.51. The lowest BCUT2D eigenvalue weighted by Gasteiger charge is -2.30. The number of nitro groups is 1. The third-order valence-corrected chi connectivity index (χ3v) is 7.41.